The molecule has 0 radical (unpaired) electrons. The van der Waals surface area contributed by atoms with Gasteiger partial charge in [0, 0.05) is 10.6 Å². The van der Waals surface area contributed by atoms with E-state index in [2.05, 4.69) is 5.43 Å². The van der Waals surface area contributed by atoms with Crippen LogP contribution in [0.2, 0.25) is 5.02 Å². The number of aryl methyl sites for hydroxylation is 1. The monoisotopic (exact) mass is 474 g/mol. The highest BCUT2D eigenvalue weighted by atomic mass is 35.5. The molecule has 1 N–H and O–H groups in total. The van der Waals surface area contributed by atoms with Gasteiger partial charge in [-0.05, 0) is 58.0 Å². The molecule has 32 heavy (non-hydrogen) atoms. The maximum absolute atomic E-state index is 13.5. The zero-order valence-electron chi connectivity index (χ0n) is 18.1. The smallest absolute Gasteiger partial charge is 0.341 e. The third kappa shape index (κ3) is 4.42. The number of aromatic nitrogens is 1. The van der Waals surface area contributed by atoms with Crippen LogP contribution < -0.4 is 5.43 Å². The van der Waals surface area contributed by atoms with Crippen LogP contribution in [0.3, 0.4) is 0 Å². The largest absolute Gasteiger partial charge is 0.462 e. The van der Waals surface area contributed by atoms with Crippen molar-refractivity contribution in [3.63, 3.8) is 0 Å². The Balaban J connectivity index is 2.17. The second-order valence-electron chi connectivity index (χ2n) is 7.20. The maximum atomic E-state index is 13.5. The minimum Gasteiger partial charge on any atom is -0.462 e. The summed E-state index contributed by atoms with van der Waals surface area (Å²) < 4.78 is 33.4. The summed E-state index contributed by atoms with van der Waals surface area (Å²) >= 11 is 5.97. The Kier molecular flexibility index (Phi) is 6.76. The van der Waals surface area contributed by atoms with Gasteiger partial charge in [-0.1, -0.05) is 35.4 Å². The predicted molar refractivity (Wildman–Crippen MR) is 122 cm³/mol. The van der Waals surface area contributed by atoms with E-state index in [0.717, 1.165) is 5.56 Å². The van der Waals surface area contributed by atoms with Gasteiger partial charge in [-0.25, -0.2) is 13.2 Å². The standard InChI is InChI=1S/C23H23ClN2O5S/c1-5-31-23(28)20-15(3)26(25-22(27)17-7-6-8-18(24)13-17)16(4)21(20)32(29,30)19-11-9-14(2)10-12-19/h6-13H,5H2,1-4H3,(H,25,27). The van der Waals surface area contributed by atoms with E-state index in [9.17, 15) is 18.0 Å². The van der Waals surface area contributed by atoms with Crippen molar-refractivity contribution in [1.82, 2.24) is 4.68 Å². The Morgan fingerprint density at radius 2 is 1.69 bits per heavy atom. The average molecular weight is 475 g/mol. The lowest BCUT2D eigenvalue weighted by atomic mass is 10.2. The van der Waals surface area contributed by atoms with Gasteiger partial charge in [0.25, 0.3) is 5.91 Å². The highest BCUT2D eigenvalue weighted by Crippen LogP contribution is 2.32. The molecule has 0 saturated carbocycles. The average Bonchev–Trinajstić information content (AvgIpc) is 2.99. The molecule has 0 fully saturated rings. The summed E-state index contributed by atoms with van der Waals surface area (Å²) in [6.07, 6.45) is 0. The normalized spacial score (nSPS) is 11.3. The number of sulfone groups is 1. The number of ether oxygens (including phenoxy) is 1. The van der Waals surface area contributed by atoms with Crippen molar-refractivity contribution in [2.75, 3.05) is 12.0 Å². The fourth-order valence-corrected chi connectivity index (χ4v) is 5.28. The van der Waals surface area contributed by atoms with Crippen molar-refractivity contribution in [2.24, 2.45) is 0 Å². The molecular formula is C23H23ClN2O5S. The minimum atomic E-state index is -4.08. The molecule has 0 unspecified atom stereocenters. The third-order valence-corrected chi connectivity index (χ3v) is 7.13. The highest BCUT2D eigenvalue weighted by Gasteiger charge is 2.34. The Hall–Kier alpha value is -3.10. The van der Waals surface area contributed by atoms with Crippen LogP contribution in [0.1, 0.15) is 44.6 Å². The number of hydrogen-bond donors (Lipinski definition) is 1. The lowest BCUT2D eigenvalue weighted by molar-refractivity contribution is 0.0521. The quantitative estimate of drug-likeness (QED) is 0.532. The zero-order chi connectivity index (χ0) is 23.6. The van der Waals surface area contributed by atoms with E-state index in [4.69, 9.17) is 16.3 Å². The lowest BCUT2D eigenvalue weighted by Gasteiger charge is -2.12. The van der Waals surface area contributed by atoms with E-state index in [1.807, 2.05) is 6.92 Å². The van der Waals surface area contributed by atoms with E-state index in [1.54, 1.807) is 44.2 Å². The second kappa shape index (κ2) is 9.18. The molecule has 0 bridgehead atoms. The minimum absolute atomic E-state index is 0.0371. The molecule has 1 heterocycles. The number of esters is 1. The van der Waals surface area contributed by atoms with Crippen LogP contribution in [-0.2, 0) is 14.6 Å². The molecule has 9 heteroatoms. The fraction of sp³-hybridized carbons (Fsp3) is 0.217. The van der Waals surface area contributed by atoms with Crippen LogP contribution in [0.15, 0.2) is 58.3 Å². The molecule has 0 saturated heterocycles. The van der Waals surface area contributed by atoms with Gasteiger partial charge in [-0.2, -0.15) is 0 Å². The van der Waals surface area contributed by atoms with E-state index >= 15 is 0 Å². The first-order chi connectivity index (χ1) is 15.1. The van der Waals surface area contributed by atoms with E-state index in [-0.39, 0.29) is 38.9 Å². The van der Waals surface area contributed by atoms with Crippen LogP contribution >= 0.6 is 11.6 Å². The SMILES string of the molecule is CCOC(=O)c1c(S(=O)(=O)c2ccc(C)cc2)c(C)n(NC(=O)c2cccc(Cl)c2)c1C. The van der Waals surface area contributed by atoms with E-state index in [1.165, 1.54) is 29.8 Å². The molecule has 3 rings (SSSR count). The number of rotatable bonds is 6. The topological polar surface area (TPSA) is 94.5 Å². The summed E-state index contributed by atoms with van der Waals surface area (Å²) in [7, 11) is -4.08. The summed E-state index contributed by atoms with van der Waals surface area (Å²) in [5.41, 5.74) is 4.14. The van der Waals surface area contributed by atoms with Gasteiger partial charge in [0.15, 0.2) is 0 Å². The first-order valence-electron chi connectivity index (χ1n) is 9.85. The molecule has 0 aliphatic heterocycles. The molecule has 3 aromatic rings. The zero-order valence-corrected chi connectivity index (χ0v) is 19.7. The summed E-state index contributed by atoms with van der Waals surface area (Å²) in [5.74, 6) is -1.29. The summed E-state index contributed by atoms with van der Waals surface area (Å²) in [6.45, 7) is 6.62. The Morgan fingerprint density at radius 1 is 1.03 bits per heavy atom. The number of nitrogens with zero attached hydrogens (tertiary/aromatic N) is 1. The van der Waals surface area contributed by atoms with Crippen LogP contribution in [0.4, 0.5) is 0 Å². The van der Waals surface area contributed by atoms with Gasteiger partial charge in [0.05, 0.1) is 22.9 Å². The van der Waals surface area contributed by atoms with Gasteiger partial charge < -0.3 is 4.74 Å². The van der Waals surface area contributed by atoms with E-state index in [0.29, 0.717) is 5.02 Å². The molecule has 7 nitrogen and oxygen atoms in total. The fourth-order valence-electron chi connectivity index (χ4n) is 3.38. The van der Waals surface area contributed by atoms with Gasteiger partial charge in [0.2, 0.25) is 9.84 Å². The van der Waals surface area contributed by atoms with Crippen LogP contribution in [0.25, 0.3) is 0 Å². The third-order valence-electron chi connectivity index (χ3n) is 4.97. The van der Waals surface area contributed by atoms with Gasteiger partial charge in [-0.3, -0.25) is 14.9 Å². The molecule has 0 atom stereocenters. The summed E-state index contributed by atoms with van der Waals surface area (Å²) in [4.78, 5) is 25.4. The number of benzene rings is 2. The van der Waals surface area contributed by atoms with Crippen LogP contribution in [0, 0.1) is 20.8 Å². The lowest BCUT2D eigenvalue weighted by Crippen LogP contribution is -2.25. The first kappa shape index (κ1) is 23.6. The molecule has 0 spiro atoms. The summed E-state index contributed by atoms with van der Waals surface area (Å²) in [6, 6.07) is 12.6. The molecule has 168 valence electrons. The van der Waals surface area contributed by atoms with Gasteiger partial charge in [0.1, 0.15) is 10.5 Å². The van der Waals surface area contributed by atoms with Gasteiger partial charge in [-0.15, -0.1) is 0 Å². The number of carbonyl (C=O) groups excluding carboxylic acids is 2. The van der Waals surface area contributed by atoms with E-state index < -0.39 is 21.7 Å². The Bertz CT molecular complexity index is 1290. The highest BCUT2D eigenvalue weighted by molar-refractivity contribution is 7.91. The van der Waals surface area contributed by atoms with Crippen LogP contribution in [-0.4, -0.2) is 31.6 Å². The molecule has 0 aliphatic rings. The van der Waals surface area contributed by atoms with Crippen molar-refractivity contribution in [3.8, 4) is 0 Å². The molecule has 0 aliphatic carbocycles. The second-order valence-corrected chi connectivity index (χ2v) is 9.52. The molecular weight excluding hydrogens is 452 g/mol. The van der Waals surface area contributed by atoms with Crippen molar-refractivity contribution in [1.29, 1.82) is 0 Å². The summed E-state index contributed by atoms with van der Waals surface area (Å²) in [5, 5.41) is 0.383. The van der Waals surface area contributed by atoms with Crippen molar-refractivity contribution >= 4 is 33.3 Å². The maximum Gasteiger partial charge on any atom is 0.341 e. The van der Waals surface area contributed by atoms with Gasteiger partial charge >= 0.3 is 5.97 Å². The number of nitrogens with one attached hydrogen (secondary N) is 1. The Labute approximate surface area is 191 Å². The van der Waals surface area contributed by atoms with Crippen molar-refractivity contribution in [2.45, 2.75) is 37.5 Å². The molecule has 1 aromatic heterocycles. The number of hydrogen-bond acceptors (Lipinski definition) is 5. The van der Waals surface area contributed by atoms with Crippen molar-refractivity contribution in [3.05, 3.63) is 81.6 Å². The number of amides is 1. The van der Waals surface area contributed by atoms with Crippen molar-refractivity contribution < 1.29 is 22.7 Å². The molecule has 1 amide bonds. The van der Waals surface area contributed by atoms with Crippen LogP contribution in [0.5, 0.6) is 0 Å². The molecule has 2 aromatic carbocycles. The number of carbonyl (C=O) groups is 2. The first-order valence-corrected chi connectivity index (χ1v) is 11.7. The number of halogens is 1. The predicted octanol–water partition coefficient (Wildman–Crippen LogP) is 4.46. The Morgan fingerprint density at radius 3 is 2.28 bits per heavy atom.